The predicted octanol–water partition coefficient (Wildman–Crippen LogP) is 4.60. The number of benzene rings is 2. The second-order valence-corrected chi connectivity index (χ2v) is 5.32. The summed E-state index contributed by atoms with van der Waals surface area (Å²) >= 11 is 0. The minimum absolute atomic E-state index is 0.180. The number of hydrogen-bond acceptors (Lipinski definition) is 5. The first-order valence-electron chi connectivity index (χ1n) is 8.47. The number of ether oxygens (including phenoxy) is 4. The summed E-state index contributed by atoms with van der Waals surface area (Å²) in [6.07, 6.45) is 0. The Balaban J connectivity index is 0.00000163. The van der Waals surface area contributed by atoms with Crippen LogP contribution in [0.25, 0.3) is 0 Å². The molecule has 0 aliphatic carbocycles. The quantitative estimate of drug-likeness (QED) is 0.705. The number of hydrogen-bond donors (Lipinski definition) is 0. The third kappa shape index (κ3) is 3.93. The van der Waals surface area contributed by atoms with Gasteiger partial charge in [0.15, 0.2) is 11.5 Å². The van der Waals surface area contributed by atoms with E-state index in [0.29, 0.717) is 34.1 Å². The van der Waals surface area contributed by atoms with E-state index >= 15 is 0 Å². The van der Waals surface area contributed by atoms with Crippen molar-refractivity contribution in [3.05, 3.63) is 46.5 Å². The second kappa shape index (κ2) is 9.70. The van der Waals surface area contributed by atoms with Gasteiger partial charge in [-0.05, 0) is 37.1 Å². The fourth-order valence-corrected chi connectivity index (χ4v) is 2.79. The van der Waals surface area contributed by atoms with Crippen LogP contribution in [0.4, 0.5) is 0 Å². The highest BCUT2D eigenvalue weighted by Gasteiger charge is 2.27. The topological polar surface area (TPSA) is 54.0 Å². The van der Waals surface area contributed by atoms with E-state index in [-0.39, 0.29) is 5.78 Å². The summed E-state index contributed by atoms with van der Waals surface area (Å²) in [6, 6.07) is 7.25. The first kappa shape index (κ1) is 21.4. The Kier molecular flexibility index (Phi) is 7.97. The molecule has 0 amide bonds. The fourth-order valence-electron chi connectivity index (χ4n) is 2.79. The van der Waals surface area contributed by atoms with Crippen molar-refractivity contribution >= 4 is 5.78 Å². The zero-order valence-corrected chi connectivity index (χ0v) is 16.9. The van der Waals surface area contributed by atoms with Crippen LogP contribution < -0.4 is 18.9 Å². The van der Waals surface area contributed by atoms with Crippen molar-refractivity contribution < 1.29 is 23.7 Å². The Morgan fingerprint density at radius 3 is 1.81 bits per heavy atom. The van der Waals surface area contributed by atoms with Gasteiger partial charge in [0.05, 0.1) is 39.6 Å². The van der Waals surface area contributed by atoms with Crippen molar-refractivity contribution in [1.82, 2.24) is 0 Å². The van der Waals surface area contributed by atoms with Gasteiger partial charge in [0, 0.05) is 0 Å². The molecule has 0 bridgehead atoms. The van der Waals surface area contributed by atoms with Crippen LogP contribution in [0.5, 0.6) is 23.0 Å². The smallest absolute Gasteiger partial charge is 0.204 e. The molecule has 0 heterocycles. The molecular formula is C21H28O5. The molecule has 0 fully saturated rings. The summed E-state index contributed by atoms with van der Waals surface area (Å²) in [5, 5.41) is 0. The normalized spacial score (nSPS) is 9.69. The maximum atomic E-state index is 13.3. The van der Waals surface area contributed by atoms with E-state index in [1.807, 2.05) is 39.8 Å². The molecule has 142 valence electrons. The summed E-state index contributed by atoms with van der Waals surface area (Å²) in [7, 11) is 6.10. The molecule has 26 heavy (non-hydrogen) atoms. The van der Waals surface area contributed by atoms with E-state index in [0.717, 1.165) is 11.1 Å². The van der Waals surface area contributed by atoms with E-state index < -0.39 is 0 Å². The lowest BCUT2D eigenvalue weighted by atomic mass is 9.93. The molecule has 5 nitrogen and oxygen atoms in total. The molecule has 0 atom stereocenters. The summed E-state index contributed by atoms with van der Waals surface area (Å²) in [5.41, 5.74) is 2.51. The lowest BCUT2D eigenvalue weighted by Gasteiger charge is -2.19. The van der Waals surface area contributed by atoms with Gasteiger partial charge in [-0.2, -0.15) is 0 Å². The van der Waals surface area contributed by atoms with Crippen molar-refractivity contribution in [2.24, 2.45) is 0 Å². The molecule has 0 aromatic heterocycles. The molecule has 5 heteroatoms. The van der Waals surface area contributed by atoms with Gasteiger partial charge in [-0.15, -0.1) is 0 Å². The van der Waals surface area contributed by atoms with Gasteiger partial charge in [0.2, 0.25) is 11.5 Å². The van der Waals surface area contributed by atoms with Gasteiger partial charge in [0.1, 0.15) is 5.75 Å². The highest BCUT2D eigenvalue weighted by atomic mass is 16.5. The van der Waals surface area contributed by atoms with Gasteiger partial charge in [-0.3, -0.25) is 4.79 Å². The van der Waals surface area contributed by atoms with Crippen LogP contribution in [0, 0.1) is 13.8 Å². The number of rotatable bonds is 6. The van der Waals surface area contributed by atoms with E-state index in [1.54, 1.807) is 26.4 Å². The molecule has 0 saturated heterocycles. The molecular weight excluding hydrogens is 332 g/mol. The average Bonchev–Trinajstić information content (AvgIpc) is 2.67. The number of carbonyl (C=O) groups is 1. The van der Waals surface area contributed by atoms with Gasteiger partial charge in [-0.25, -0.2) is 0 Å². The van der Waals surface area contributed by atoms with Crippen molar-refractivity contribution in [3.63, 3.8) is 0 Å². The summed E-state index contributed by atoms with van der Waals surface area (Å²) in [4.78, 5) is 13.3. The Morgan fingerprint density at radius 1 is 0.731 bits per heavy atom. The molecule has 0 aliphatic heterocycles. The minimum atomic E-state index is -0.180. The van der Waals surface area contributed by atoms with Crippen LogP contribution in [0.15, 0.2) is 24.3 Å². The van der Waals surface area contributed by atoms with Gasteiger partial charge >= 0.3 is 0 Å². The van der Waals surface area contributed by atoms with Gasteiger partial charge < -0.3 is 18.9 Å². The number of ketones is 1. The minimum Gasteiger partial charge on any atom is -0.496 e. The molecule has 0 aliphatic rings. The van der Waals surface area contributed by atoms with Crippen LogP contribution in [-0.4, -0.2) is 34.2 Å². The molecule has 2 rings (SSSR count). The predicted molar refractivity (Wildman–Crippen MR) is 103 cm³/mol. The monoisotopic (exact) mass is 360 g/mol. The Bertz CT molecular complexity index is 765. The van der Waals surface area contributed by atoms with Crippen LogP contribution in [0.1, 0.15) is 40.9 Å². The maximum Gasteiger partial charge on any atom is 0.204 e. The van der Waals surface area contributed by atoms with Crippen LogP contribution in [-0.2, 0) is 0 Å². The summed E-state index contributed by atoms with van der Waals surface area (Å²) in [6.45, 7) is 7.71. The SMILES string of the molecule is CC.COc1cc(C)c(C(=O)c2c(C)cccc2OC)c(OC)c1OC. The van der Waals surface area contributed by atoms with Crippen LogP contribution in [0.2, 0.25) is 0 Å². The van der Waals surface area contributed by atoms with E-state index in [2.05, 4.69) is 0 Å². The molecule has 0 N–H and O–H groups in total. The van der Waals surface area contributed by atoms with E-state index in [4.69, 9.17) is 18.9 Å². The van der Waals surface area contributed by atoms with E-state index in [9.17, 15) is 4.79 Å². The highest BCUT2D eigenvalue weighted by molar-refractivity contribution is 6.14. The van der Waals surface area contributed by atoms with Gasteiger partial charge in [0.25, 0.3) is 0 Å². The molecule has 0 radical (unpaired) electrons. The number of aryl methyl sites for hydroxylation is 2. The second-order valence-electron chi connectivity index (χ2n) is 5.32. The zero-order chi connectivity index (χ0) is 19.9. The molecule has 0 spiro atoms. The average molecular weight is 360 g/mol. The molecule has 0 saturated carbocycles. The lowest BCUT2D eigenvalue weighted by Crippen LogP contribution is -2.11. The number of methoxy groups -OCH3 is 4. The zero-order valence-electron chi connectivity index (χ0n) is 16.9. The largest absolute Gasteiger partial charge is 0.496 e. The Labute approximate surface area is 155 Å². The van der Waals surface area contributed by atoms with Crippen LogP contribution in [0.3, 0.4) is 0 Å². The third-order valence-electron chi connectivity index (χ3n) is 3.94. The van der Waals surface area contributed by atoms with Crippen molar-refractivity contribution in [3.8, 4) is 23.0 Å². The number of carbonyl (C=O) groups excluding carboxylic acids is 1. The first-order valence-corrected chi connectivity index (χ1v) is 8.47. The van der Waals surface area contributed by atoms with Gasteiger partial charge in [-0.1, -0.05) is 26.0 Å². The maximum absolute atomic E-state index is 13.3. The van der Waals surface area contributed by atoms with Crippen molar-refractivity contribution in [2.45, 2.75) is 27.7 Å². The Morgan fingerprint density at radius 2 is 1.31 bits per heavy atom. The summed E-state index contributed by atoms with van der Waals surface area (Å²) < 4.78 is 21.6. The lowest BCUT2D eigenvalue weighted by molar-refractivity contribution is 0.103. The molecule has 2 aromatic carbocycles. The fraction of sp³-hybridized carbons (Fsp3) is 0.381. The van der Waals surface area contributed by atoms with E-state index in [1.165, 1.54) is 14.2 Å². The molecule has 0 unspecified atom stereocenters. The molecule has 2 aromatic rings. The summed E-state index contributed by atoms with van der Waals surface area (Å²) in [5.74, 6) is 1.60. The third-order valence-corrected chi connectivity index (χ3v) is 3.94. The van der Waals surface area contributed by atoms with Crippen molar-refractivity contribution in [2.75, 3.05) is 28.4 Å². The van der Waals surface area contributed by atoms with Crippen molar-refractivity contribution in [1.29, 1.82) is 0 Å². The standard InChI is InChI=1S/C19H22O5.C2H6/c1-11-8-7-9-13(21-3)15(11)17(20)16-12(2)10-14(22-4)18(23-5)19(16)24-6;1-2/h7-10H,1-6H3;1-2H3. The first-order chi connectivity index (χ1) is 12.5. The van der Waals surface area contributed by atoms with Crippen LogP contribution >= 0.6 is 0 Å². The highest BCUT2D eigenvalue weighted by Crippen LogP contribution is 2.43. The Hall–Kier alpha value is -2.69.